The summed E-state index contributed by atoms with van der Waals surface area (Å²) in [7, 11) is -1.75. The molecule has 7 heteroatoms. The van der Waals surface area contributed by atoms with Crippen LogP contribution in [0.3, 0.4) is 0 Å². The van der Waals surface area contributed by atoms with Gasteiger partial charge in [0.25, 0.3) is 0 Å². The van der Waals surface area contributed by atoms with Gasteiger partial charge in [0.15, 0.2) is 0 Å². The first-order valence-electron chi connectivity index (χ1n) is 7.81. The molecular formula is C18H20ClN3O2S. The molecular weight excluding hydrogens is 358 g/mol. The quantitative estimate of drug-likeness (QED) is 0.766. The van der Waals surface area contributed by atoms with Crippen LogP contribution < -0.4 is 4.72 Å². The Morgan fingerprint density at radius 2 is 1.80 bits per heavy atom. The molecule has 1 atom stereocenters. The Morgan fingerprint density at radius 1 is 1.16 bits per heavy atom. The fourth-order valence-electron chi connectivity index (χ4n) is 2.47. The van der Waals surface area contributed by atoms with Gasteiger partial charge in [-0.3, -0.25) is 4.90 Å². The Kier molecular flexibility index (Phi) is 6.97. The van der Waals surface area contributed by atoms with E-state index in [4.69, 9.17) is 16.9 Å². The summed E-state index contributed by atoms with van der Waals surface area (Å²) < 4.78 is 27.6. The first-order valence-corrected chi connectivity index (χ1v) is 9.67. The molecule has 0 fully saturated rings. The second-order valence-corrected chi connectivity index (χ2v) is 7.82. The normalized spacial score (nSPS) is 12.7. The average molecular weight is 378 g/mol. The first kappa shape index (κ1) is 19.4. The number of rotatable bonds is 8. The monoisotopic (exact) mass is 377 g/mol. The summed E-state index contributed by atoms with van der Waals surface area (Å²) in [6.45, 7) is 0.760. The summed E-state index contributed by atoms with van der Waals surface area (Å²) in [5.74, 6) is 0. The zero-order valence-corrected chi connectivity index (χ0v) is 15.5. The maximum absolute atomic E-state index is 12.5. The van der Waals surface area contributed by atoms with E-state index in [1.54, 1.807) is 12.1 Å². The summed E-state index contributed by atoms with van der Waals surface area (Å²) in [4.78, 5) is 2.14. The number of nitrogens with one attached hydrogen (secondary N) is 1. The van der Waals surface area contributed by atoms with Crippen molar-refractivity contribution in [3.8, 4) is 6.07 Å². The molecule has 2 aromatic carbocycles. The Balaban J connectivity index is 2.16. The molecule has 0 saturated carbocycles. The Labute approximate surface area is 153 Å². The zero-order chi connectivity index (χ0) is 18.3. The molecule has 0 aromatic heterocycles. The van der Waals surface area contributed by atoms with Crippen molar-refractivity contribution in [1.82, 2.24) is 9.62 Å². The van der Waals surface area contributed by atoms with Crippen LogP contribution in [0, 0.1) is 11.3 Å². The number of hydrogen-bond acceptors (Lipinski definition) is 4. The van der Waals surface area contributed by atoms with Crippen LogP contribution in [0.25, 0.3) is 0 Å². The molecule has 0 bridgehead atoms. The number of halogens is 1. The van der Waals surface area contributed by atoms with Crippen molar-refractivity contribution in [2.24, 2.45) is 0 Å². The van der Waals surface area contributed by atoms with Gasteiger partial charge in [0, 0.05) is 30.6 Å². The zero-order valence-electron chi connectivity index (χ0n) is 13.9. The van der Waals surface area contributed by atoms with E-state index in [-0.39, 0.29) is 17.5 Å². The first-order chi connectivity index (χ1) is 11.9. The van der Waals surface area contributed by atoms with Gasteiger partial charge in [0.1, 0.15) is 0 Å². The maximum Gasteiger partial charge on any atom is 0.240 e. The van der Waals surface area contributed by atoms with Crippen molar-refractivity contribution in [2.45, 2.75) is 17.4 Å². The number of hydrogen-bond donors (Lipinski definition) is 1. The van der Waals surface area contributed by atoms with Crippen LogP contribution in [0.15, 0.2) is 59.5 Å². The second kappa shape index (κ2) is 8.97. The molecule has 5 nitrogen and oxygen atoms in total. The molecule has 1 N–H and O–H groups in total. The highest BCUT2D eigenvalue weighted by atomic mass is 35.5. The maximum atomic E-state index is 12.5. The average Bonchev–Trinajstić information content (AvgIpc) is 2.61. The third-order valence-corrected chi connectivity index (χ3v) is 5.57. The fourth-order valence-corrected chi connectivity index (χ4v) is 3.64. The summed E-state index contributed by atoms with van der Waals surface area (Å²) >= 11 is 5.81. The lowest BCUT2D eigenvalue weighted by Crippen LogP contribution is -2.36. The summed E-state index contributed by atoms with van der Waals surface area (Å²) in [6, 6.07) is 17.6. The van der Waals surface area contributed by atoms with E-state index >= 15 is 0 Å². The van der Waals surface area contributed by atoms with E-state index in [1.807, 2.05) is 42.3 Å². The summed E-state index contributed by atoms with van der Waals surface area (Å²) in [6.07, 6.45) is 0.379. The molecule has 2 aromatic rings. The van der Waals surface area contributed by atoms with Crippen LogP contribution in [-0.2, 0) is 10.0 Å². The molecule has 0 amide bonds. The van der Waals surface area contributed by atoms with Crippen molar-refractivity contribution in [3.63, 3.8) is 0 Å². The smallest absolute Gasteiger partial charge is 0.240 e. The van der Waals surface area contributed by atoms with Gasteiger partial charge in [0.2, 0.25) is 10.0 Å². The van der Waals surface area contributed by atoms with E-state index in [1.165, 1.54) is 12.1 Å². The summed E-state index contributed by atoms with van der Waals surface area (Å²) in [5.41, 5.74) is 0.988. The van der Waals surface area contributed by atoms with E-state index in [2.05, 4.69) is 10.8 Å². The van der Waals surface area contributed by atoms with Crippen molar-refractivity contribution >= 4 is 21.6 Å². The summed E-state index contributed by atoms with van der Waals surface area (Å²) in [5, 5.41) is 9.28. The van der Waals surface area contributed by atoms with Gasteiger partial charge in [-0.25, -0.2) is 13.1 Å². The Morgan fingerprint density at radius 3 is 2.40 bits per heavy atom. The minimum Gasteiger partial charge on any atom is -0.297 e. The van der Waals surface area contributed by atoms with Gasteiger partial charge >= 0.3 is 0 Å². The number of nitriles is 1. The Bertz CT molecular complexity index is 818. The highest BCUT2D eigenvalue weighted by Gasteiger charge is 2.21. The van der Waals surface area contributed by atoms with Crippen LogP contribution in [0.1, 0.15) is 18.0 Å². The number of likely N-dealkylation sites (N-methyl/N-ethyl adjacent to an activating group) is 1. The third kappa shape index (κ3) is 5.55. The van der Waals surface area contributed by atoms with Gasteiger partial charge in [-0.05, 0) is 36.9 Å². The molecule has 0 aliphatic heterocycles. The molecule has 0 aliphatic carbocycles. The predicted octanol–water partition coefficient (Wildman–Crippen LogP) is 3.21. The van der Waals surface area contributed by atoms with Crippen molar-refractivity contribution in [1.29, 1.82) is 5.26 Å². The van der Waals surface area contributed by atoms with Crippen LogP contribution in [0.4, 0.5) is 0 Å². The lowest BCUT2D eigenvalue weighted by Gasteiger charge is -2.28. The van der Waals surface area contributed by atoms with E-state index < -0.39 is 10.0 Å². The van der Waals surface area contributed by atoms with E-state index in [0.717, 1.165) is 5.56 Å². The lowest BCUT2D eigenvalue weighted by molar-refractivity contribution is 0.251. The molecule has 2 rings (SSSR count). The largest absolute Gasteiger partial charge is 0.297 e. The van der Waals surface area contributed by atoms with Gasteiger partial charge in [-0.15, -0.1) is 0 Å². The molecule has 0 aliphatic rings. The van der Waals surface area contributed by atoms with E-state index in [0.29, 0.717) is 18.0 Å². The third-order valence-electron chi connectivity index (χ3n) is 3.88. The van der Waals surface area contributed by atoms with E-state index in [9.17, 15) is 8.42 Å². The molecule has 1 unspecified atom stereocenters. The predicted molar refractivity (Wildman–Crippen MR) is 98.7 cm³/mol. The van der Waals surface area contributed by atoms with Crippen molar-refractivity contribution in [3.05, 3.63) is 65.2 Å². The molecule has 0 heterocycles. The van der Waals surface area contributed by atoms with Gasteiger partial charge in [-0.2, -0.15) is 5.26 Å². The minimum absolute atomic E-state index is 0.170. The highest BCUT2D eigenvalue weighted by Crippen LogP contribution is 2.20. The number of benzene rings is 2. The molecule has 0 saturated heterocycles. The van der Waals surface area contributed by atoms with Crippen LogP contribution in [-0.4, -0.2) is 33.5 Å². The van der Waals surface area contributed by atoms with Gasteiger partial charge in [0.05, 0.1) is 11.0 Å². The van der Waals surface area contributed by atoms with Crippen molar-refractivity contribution in [2.75, 3.05) is 20.1 Å². The van der Waals surface area contributed by atoms with Gasteiger partial charge < -0.3 is 0 Å². The second-order valence-electron chi connectivity index (χ2n) is 5.62. The molecule has 0 spiro atoms. The van der Waals surface area contributed by atoms with Crippen LogP contribution in [0.5, 0.6) is 0 Å². The van der Waals surface area contributed by atoms with Crippen LogP contribution in [0.2, 0.25) is 5.02 Å². The fraction of sp³-hybridized carbons (Fsp3) is 0.278. The topological polar surface area (TPSA) is 73.2 Å². The SMILES string of the molecule is CN(CCC#N)C(CNS(=O)(=O)c1ccc(Cl)cc1)c1ccccc1. The molecule has 132 valence electrons. The lowest BCUT2D eigenvalue weighted by atomic mass is 10.1. The minimum atomic E-state index is -3.63. The van der Waals surface area contributed by atoms with Crippen LogP contribution >= 0.6 is 11.6 Å². The molecule has 25 heavy (non-hydrogen) atoms. The number of sulfonamides is 1. The Hall–Kier alpha value is -1.91. The number of nitrogens with zero attached hydrogens (tertiary/aromatic N) is 2. The highest BCUT2D eigenvalue weighted by molar-refractivity contribution is 7.89. The standard InChI is InChI=1S/C18H20ClN3O2S/c1-22(13-5-12-20)18(15-6-3-2-4-7-15)14-21-25(23,24)17-10-8-16(19)9-11-17/h2-4,6-11,18,21H,5,13-14H2,1H3. The molecule has 0 radical (unpaired) electrons. The van der Waals surface area contributed by atoms with Crippen molar-refractivity contribution < 1.29 is 8.42 Å². The van der Waals surface area contributed by atoms with Gasteiger partial charge in [-0.1, -0.05) is 41.9 Å².